The van der Waals surface area contributed by atoms with Gasteiger partial charge in [-0.15, -0.1) is 0 Å². The third-order valence-corrected chi connectivity index (χ3v) is 3.21. The van der Waals surface area contributed by atoms with Crippen LogP contribution in [0.25, 0.3) is 0 Å². The fraction of sp³-hybridized carbons (Fsp3) is 0.615. The van der Waals surface area contributed by atoms with Crippen molar-refractivity contribution in [1.82, 2.24) is 9.88 Å². The van der Waals surface area contributed by atoms with Crippen molar-refractivity contribution in [3.8, 4) is 0 Å². The first kappa shape index (κ1) is 13.6. The third-order valence-electron chi connectivity index (χ3n) is 3.21. The lowest BCUT2D eigenvalue weighted by molar-refractivity contribution is -0.149. The van der Waals surface area contributed by atoms with Crippen molar-refractivity contribution in [3.05, 3.63) is 17.8 Å². The minimum atomic E-state index is -0.213. The number of carbonyl (C=O) groups is 2. The summed E-state index contributed by atoms with van der Waals surface area (Å²) in [4.78, 5) is 29.3. The van der Waals surface area contributed by atoms with Gasteiger partial charge in [0.25, 0.3) is 5.89 Å². The van der Waals surface area contributed by atoms with Gasteiger partial charge in [0.1, 0.15) is 5.76 Å². The summed E-state index contributed by atoms with van der Waals surface area (Å²) in [6.45, 7) is 5.00. The highest BCUT2D eigenvalue weighted by Gasteiger charge is 2.30. The summed E-state index contributed by atoms with van der Waals surface area (Å²) in [5, 5.41) is 0. The number of ether oxygens (including phenoxy) is 1. The standard InChI is InChI=1S/C13H18N2O4/c1-3-18-13(17)10-4-6-15(7-5-10)12(16)11-14-8-9(2)19-11/h8,10H,3-7H2,1-2H3. The summed E-state index contributed by atoms with van der Waals surface area (Å²) in [5.74, 6) is 0.254. The molecule has 0 radical (unpaired) electrons. The number of esters is 1. The van der Waals surface area contributed by atoms with E-state index < -0.39 is 0 Å². The summed E-state index contributed by atoms with van der Waals surface area (Å²) in [6.07, 6.45) is 2.78. The molecule has 1 aliphatic rings. The number of piperidine rings is 1. The Balaban J connectivity index is 1.89. The number of aryl methyl sites for hydroxylation is 1. The van der Waals surface area contributed by atoms with E-state index in [0.29, 0.717) is 38.3 Å². The molecular weight excluding hydrogens is 248 g/mol. The van der Waals surface area contributed by atoms with Gasteiger partial charge < -0.3 is 14.1 Å². The highest BCUT2D eigenvalue weighted by Crippen LogP contribution is 2.20. The molecule has 1 aromatic rings. The zero-order valence-corrected chi connectivity index (χ0v) is 11.2. The van der Waals surface area contributed by atoms with Crippen LogP contribution in [0.15, 0.2) is 10.6 Å². The van der Waals surface area contributed by atoms with E-state index in [2.05, 4.69) is 4.98 Å². The van der Waals surface area contributed by atoms with Crippen LogP contribution in [-0.2, 0) is 9.53 Å². The van der Waals surface area contributed by atoms with Crippen LogP contribution in [0.4, 0.5) is 0 Å². The van der Waals surface area contributed by atoms with Crippen molar-refractivity contribution >= 4 is 11.9 Å². The molecule has 0 atom stereocenters. The SMILES string of the molecule is CCOC(=O)C1CCN(C(=O)c2ncc(C)o2)CC1. The number of aromatic nitrogens is 1. The van der Waals surface area contributed by atoms with Gasteiger partial charge in [0.15, 0.2) is 0 Å². The number of carbonyl (C=O) groups excluding carboxylic acids is 2. The fourth-order valence-corrected chi connectivity index (χ4v) is 2.17. The molecule has 0 N–H and O–H groups in total. The normalized spacial score (nSPS) is 16.4. The lowest BCUT2D eigenvalue weighted by Gasteiger charge is -2.29. The number of nitrogens with zero attached hydrogens (tertiary/aromatic N) is 2. The largest absolute Gasteiger partial charge is 0.466 e. The van der Waals surface area contributed by atoms with E-state index >= 15 is 0 Å². The quantitative estimate of drug-likeness (QED) is 0.773. The molecule has 0 saturated carbocycles. The first-order chi connectivity index (χ1) is 9.11. The third kappa shape index (κ3) is 3.13. The maximum absolute atomic E-state index is 12.1. The van der Waals surface area contributed by atoms with Crippen molar-refractivity contribution in [1.29, 1.82) is 0 Å². The van der Waals surface area contributed by atoms with Gasteiger partial charge in [-0.05, 0) is 26.7 Å². The molecular formula is C13H18N2O4. The average Bonchev–Trinajstić information content (AvgIpc) is 2.85. The first-order valence-corrected chi connectivity index (χ1v) is 6.50. The first-order valence-electron chi connectivity index (χ1n) is 6.50. The molecule has 0 bridgehead atoms. The van der Waals surface area contributed by atoms with Crippen LogP contribution in [-0.4, -0.2) is 41.5 Å². The Morgan fingerprint density at radius 3 is 2.68 bits per heavy atom. The van der Waals surface area contributed by atoms with Crippen LogP contribution < -0.4 is 0 Å². The van der Waals surface area contributed by atoms with E-state index in [1.165, 1.54) is 6.20 Å². The molecule has 0 aromatic carbocycles. The fourth-order valence-electron chi connectivity index (χ4n) is 2.17. The monoisotopic (exact) mass is 266 g/mol. The van der Waals surface area contributed by atoms with Gasteiger partial charge in [-0.2, -0.15) is 0 Å². The van der Waals surface area contributed by atoms with Crippen LogP contribution in [0.2, 0.25) is 0 Å². The van der Waals surface area contributed by atoms with Gasteiger partial charge in [0.2, 0.25) is 0 Å². The van der Waals surface area contributed by atoms with E-state index in [1.54, 1.807) is 18.7 Å². The summed E-state index contributed by atoms with van der Waals surface area (Å²) < 4.78 is 10.2. The Morgan fingerprint density at radius 2 is 2.16 bits per heavy atom. The Hall–Kier alpha value is -1.85. The van der Waals surface area contributed by atoms with Crippen molar-refractivity contribution in [2.75, 3.05) is 19.7 Å². The lowest BCUT2D eigenvalue weighted by Crippen LogP contribution is -2.40. The highest BCUT2D eigenvalue weighted by molar-refractivity contribution is 5.89. The Bertz CT molecular complexity index is 461. The summed E-state index contributed by atoms with van der Waals surface area (Å²) in [5.41, 5.74) is 0. The predicted molar refractivity (Wildman–Crippen MR) is 66.5 cm³/mol. The van der Waals surface area contributed by atoms with Crippen LogP contribution in [0, 0.1) is 12.8 Å². The number of rotatable bonds is 3. The zero-order chi connectivity index (χ0) is 13.8. The number of likely N-dealkylation sites (tertiary alicyclic amines) is 1. The molecule has 19 heavy (non-hydrogen) atoms. The molecule has 0 aliphatic carbocycles. The molecule has 6 nitrogen and oxygen atoms in total. The summed E-state index contributed by atoms with van der Waals surface area (Å²) in [6, 6.07) is 0. The van der Waals surface area contributed by atoms with Crippen molar-refractivity contribution in [2.24, 2.45) is 5.92 Å². The molecule has 2 heterocycles. The van der Waals surface area contributed by atoms with Gasteiger partial charge in [-0.3, -0.25) is 9.59 Å². The van der Waals surface area contributed by atoms with Gasteiger partial charge in [-0.1, -0.05) is 0 Å². The highest BCUT2D eigenvalue weighted by atomic mass is 16.5. The number of hydrogen-bond donors (Lipinski definition) is 0. The minimum Gasteiger partial charge on any atom is -0.466 e. The Morgan fingerprint density at radius 1 is 1.47 bits per heavy atom. The summed E-state index contributed by atoms with van der Waals surface area (Å²) >= 11 is 0. The second-order valence-electron chi connectivity index (χ2n) is 4.59. The molecule has 1 saturated heterocycles. The van der Waals surface area contributed by atoms with E-state index in [0.717, 1.165) is 0 Å². The van der Waals surface area contributed by atoms with Crippen molar-refractivity contribution in [2.45, 2.75) is 26.7 Å². The molecule has 104 valence electrons. The summed E-state index contributed by atoms with van der Waals surface area (Å²) in [7, 11) is 0. The van der Waals surface area contributed by atoms with Crippen LogP contribution in [0.1, 0.15) is 36.2 Å². The van der Waals surface area contributed by atoms with Gasteiger partial charge >= 0.3 is 11.9 Å². The Kier molecular flexibility index (Phi) is 4.19. The molecule has 1 aromatic heterocycles. The molecule has 1 aliphatic heterocycles. The minimum absolute atomic E-state index is 0.102. The smallest absolute Gasteiger partial charge is 0.309 e. The maximum atomic E-state index is 12.1. The molecule has 2 rings (SSSR count). The van der Waals surface area contributed by atoms with E-state index in [1.807, 2.05) is 0 Å². The van der Waals surface area contributed by atoms with Crippen molar-refractivity contribution in [3.63, 3.8) is 0 Å². The molecule has 0 unspecified atom stereocenters. The molecule has 6 heteroatoms. The van der Waals surface area contributed by atoms with Crippen molar-refractivity contribution < 1.29 is 18.7 Å². The molecule has 1 fully saturated rings. The molecule has 1 amide bonds. The van der Waals surface area contributed by atoms with Gasteiger partial charge in [0.05, 0.1) is 18.7 Å². The van der Waals surface area contributed by atoms with E-state index in [4.69, 9.17) is 9.15 Å². The van der Waals surface area contributed by atoms with Gasteiger partial charge in [-0.25, -0.2) is 4.98 Å². The molecule has 0 spiro atoms. The number of amides is 1. The van der Waals surface area contributed by atoms with Crippen LogP contribution in [0.5, 0.6) is 0 Å². The second kappa shape index (κ2) is 5.86. The Labute approximate surface area is 111 Å². The number of oxazole rings is 1. The second-order valence-corrected chi connectivity index (χ2v) is 4.59. The average molecular weight is 266 g/mol. The van der Waals surface area contributed by atoms with Crippen LogP contribution >= 0.6 is 0 Å². The lowest BCUT2D eigenvalue weighted by atomic mass is 9.97. The van der Waals surface area contributed by atoms with E-state index in [9.17, 15) is 9.59 Å². The predicted octanol–water partition coefficient (Wildman–Crippen LogP) is 1.40. The number of hydrogen-bond acceptors (Lipinski definition) is 5. The zero-order valence-electron chi connectivity index (χ0n) is 11.2. The van der Waals surface area contributed by atoms with E-state index in [-0.39, 0.29) is 23.7 Å². The maximum Gasteiger partial charge on any atom is 0.309 e. The van der Waals surface area contributed by atoms with Gasteiger partial charge in [0, 0.05) is 13.1 Å². The topological polar surface area (TPSA) is 72.6 Å². The van der Waals surface area contributed by atoms with Crippen LogP contribution in [0.3, 0.4) is 0 Å².